The van der Waals surface area contributed by atoms with Crippen molar-refractivity contribution in [2.75, 3.05) is 11.5 Å². The number of carboxylic acid groups (broad SMARTS) is 1. The molecule has 1 aromatic heterocycles. The van der Waals surface area contributed by atoms with Crippen LogP contribution in [0, 0.1) is 13.8 Å². The van der Waals surface area contributed by atoms with Crippen LogP contribution in [0.1, 0.15) is 36.3 Å². The minimum Gasteiger partial charge on any atom is -0.480 e. The molecule has 1 aliphatic rings. The number of aromatic nitrogens is 2. The summed E-state index contributed by atoms with van der Waals surface area (Å²) in [7, 11) is 0. The number of alkyl halides is 2. The summed E-state index contributed by atoms with van der Waals surface area (Å²) in [5, 5.41) is 15.8. The second kappa shape index (κ2) is 6.86. The number of carboxylic acids is 1. The van der Waals surface area contributed by atoms with Crippen LogP contribution >= 0.6 is 11.8 Å². The Kier molecular flexibility index (Phi) is 5.28. The molecule has 9 heteroatoms. The van der Waals surface area contributed by atoms with Gasteiger partial charge in [-0.05, 0) is 38.2 Å². The van der Waals surface area contributed by atoms with Crippen LogP contribution in [0.15, 0.2) is 0 Å². The largest absolute Gasteiger partial charge is 0.480 e. The first kappa shape index (κ1) is 17.7. The van der Waals surface area contributed by atoms with Crippen molar-refractivity contribution in [1.82, 2.24) is 15.1 Å². The van der Waals surface area contributed by atoms with Gasteiger partial charge in [-0.3, -0.25) is 4.79 Å². The van der Waals surface area contributed by atoms with E-state index in [9.17, 15) is 23.5 Å². The first-order chi connectivity index (χ1) is 10.8. The lowest BCUT2D eigenvalue weighted by Crippen LogP contribution is -2.56. The minimum absolute atomic E-state index is 0.160. The molecule has 1 aromatic rings. The van der Waals surface area contributed by atoms with Crippen LogP contribution in [0.25, 0.3) is 0 Å². The van der Waals surface area contributed by atoms with Gasteiger partial charge in [-0.15, -0.1) is 0 Å². The molecule has 2 N–H and O–H groups in total. The maximum atomic E-state index is 12.8. The van der Waals surface area contributed by atoms with E-state index in [0.717, 1.165) is 0 Å². The molecular formula is C14H19F2N3O3S. The Morgan fingerprint density at radius 2 is 2.00 bits per heavy atom. The Bertz CT molecular complexity index is 613. The Balaban J connectivity index is 2.14. The smallest absolute Gasteiger partial charge is 0.333 e. The molecule has 2 rings (SSSR count). The topological polar surface area (TPSA) is 84.2 Å². The molecule has 0 aliphatic carbocycles. The molecule has 128 valence electrons. The fourth-order valence-electron chi connectivity index (χ4n) is 2.73. The number of halogens is 2. The quantitative estimate of drug-likeness (QED) is 0.850. The van der Waals surface area contributed by atoms with Crippen LogP contribution in [-0.4, -0.2) is 43.8 Å². The van der Waals surface area contributed by atoms with Gasteiger partial charge in [-0.1, -0.05) is 0 Å². The van der Waals surface area contributed by atoms with Gasteiger partial charge in [-0.25, -0.2) is 9.48 Å². The standard InChI is InChI=1S/C14H19F2N3O3S/c1-8-10(9(2)19(18-8)13(15)16)7-11(20)17-14(12(21)22)3-5-23-6-4-14/h13H,3-7H2,1-2H3,(H,17,20)(H,21,22). The number of aliphatic carboxylic acids is 1. The monoisotopic (exact) mass is 347 g/mol. The Labute approximate surface area is 136 Å². The fourth-order valence-corrected chi connectivity index (χ4v) is 3.92. The third-order valence-corrected chi connectivity index (χ3v) is 5.12. The summed E-state index contributed by atoms with van der Waals surface area (Å²) in [5.74, 6) is -0.218. The number of hydrogen-bond donors (Lipinski definition) is 2. The average molecular weight is 347 g/mol. The Hall–Kier alpha value is -1.64. The lowest BCUT2D eigenvalue weighted by atomic mass is 9.92. The molecular weight excluding hydrogens is 328 g/mol. The van der Waals surface area contributed by atoms with E-state index in [1.54, 1.807) is 18.7 Å². The molecule has 0 radical (unpaired) electrons. The van der Waals surface area contributed by atoms with Crippen LogP contribution in [0.2, 0.25) is 0 Å². The number of hydrogen-bond acceptors (Lipinski definition) is 4. The summed E-state index contributed by atoms with van der Waals surface area (Å²) < 4.78 is 26.2. The number of nitrogens with one attached hydrogen (secondary N) is 1. The number of amides is 1. The van der Waals surface area contributed by atoms with E-state index >= 15 is 0 Å². The van der Waals surface area contributed by atoms with Crippen molar-refractivity contribution in [2.45, 2.75) is 45.2 Å². The zero-order valence-corrected chi connectivity index (χ0v) is 13.8. The number of aryl methyl sites for hydroxylation is 1. The number of nitrogens with zero attached hydrogens (tertiary/aromatic N) is 2. The molecule has 0 bridgehead atoms. The molecule has 23 heavy (non-hydrogen) atoms. The molecule has 0 unspecified atom stereocenters. The predicted octanol–water partition coefficient (Wildman–Crippen LogP) is 1.90. The Morgan fingerprint density at radius 1 is 1.39 bits per heavy atom. The predicted molar refractivity (Wildman–Crippen MR) is 81.7 cm³/mol. The first-order valence-electron chi connectivity index (χ1n) is 7.22. The molecule has 2 heterocycles. The SMILES string of the molecule is Cc1nn(C(F)F)c(C)c1CC(=O)NC1(C(=O)O)CCSCC1. The first-order valence-corrected chi connectivity index (χ1v) is 8.37. The highest BCUT2D eigenvalue weighted by Crippen LogP contribution is 2.28. The van der Waals surface area contributed by atoms with Crippen molar-refractivity contribution in [3.63, 3.8) is 0 Å². The van der Waals surface area contributed by atoms with E-state index in [1.807, 2.05) is 0 Å². The summed E-state index contributed by atoms with van der Waals surface area (Å²) in [6, 6.07) is 0. The van der Waals surface area contributed by atoms with Gasteiger partial charge < -0.3 is 10.4 Å². The van der Waals surface area contributed by atoms with E-state index in [2.05, 4.69) is 10.4 Å². The van der Waals surface area contributed by atoms with E-state index in [4.69, 9.17) is 0 Å². The summed E-state index contributed by atoms with van der Waals surface area (Å²) in [5.41, 5.74) is -0.283. The molecule has 1 fully saturated rings. The van der Waals surface area contributed by atoms with Gasteiger partial charge in [0.15, 0.2) is 0 Å². The maximum Gasteiger partial charge on any atom is 0.333 e. The molecule has 1 amide bonds. The maximum absolute atomic E-state index is 12.8. The van der Waals surface area contributed by atoms with E-state index < -0.39 is 24.0 Å². The van der Waals surface area contributed by atoms with Gasteiger partial charge in [0.25, 0.3) is 0 Å². The third kappa shape index (κ3) is 3.65. The summed E-state index contributed by atoms with van der Waals surface area (Å²) >= 11 is 1.65. The zero-order chi connectivity index (χ0) is 17.2. The fraction of sp³-hybridized carbons (Fsp3) is 0.643. The second-order valence-electron chi connectivity index (χ2n) is 5.60. The zero-order valence-electron chi connectivity index (χ0n) is 12.9. The van der Waals surface area contributed by atoms with Crippen LogP contribution in [-0.2, 0) is 16.0 Å². The van der Waals surface area contributed by atoms with Gasteiger partial charge in [-0.2, -0.15) is 25.6 Å². The van der Waals surface area contributed by atoms with Crippen molar-refractivity contribution in [2.24, 2.45) is 0 Å². The molecule has 1 aliphatic heterocycles. The Morgan fingerprint density at radius 3 is 2.48 bits per heavy atom. The molecule has 0 aromatic carbocycles. The normalized spacial score (nSPS) is 17.3. The summed E-state index contributed by atoms with van der Waals surface area (Å²) in [6.07, 6.45) is 0.548. The molecule has 6 nitrogen and oxygen atoms in total. The van der Waals surface area contributed by atoms with Crippen molar-refractivity contribution in [3.05, 3.63) is 17.0 Å². The average Bonchev–Trinajstić information content (AvgIpc) is 2.76. The van der Waals surface area contributed by atoms with Crippen LogP contribution in [0.3, 0.4) is 0 Å². The van der Waals surface area contributed by atoms with Crippen LogP contribution < -0.4 is 5.32 Å². The van der Waals surface area contributed by atoms with Crippen LogP contribution in [0.4, 0.5) is 8.78 Å². The van der Waals surface area contributed by atoms with Gasteiger partial charge >= 0.3 is 12.5 Å². The highest BCUT2D eigenvalue weighted by molar-refractivity contribution is 7.99. The number of carbonyl (C=O) groups is 2. The summed E-state index contributed by atoms with van der Waals surface area (Å²) in [6.45, 7) is 0.253. The highest BCUT2D eigenvalue weighted by atomic mass is 32.2. The van der Waals surface area contributed by atoms with E-state index in [0.29, 0.717) is 40.3 Å². The number of carbonyl (C=O) groups excluding carboxylic acids is 1. The molecule has 0 atom stereocenters. The number of thioether (sulfide) groups is 1. The third-order valence-electron chi connectivity index (χ3n) is 4.13. The van der Waals surface area contributed by atoms with Gasteiger partial charge in [0, 0.05) is 11.3 Å². The van der Waals surface area contributed by atoms with Gasteiger partial charge in [0.2, 0.25) is 5.91 Å². The van der Waals surface area contributed by atoms with Crippen molar-refractivity contribution >= 4 is 23.6 Å². The molecule has 1 saturated heterocycles. The second-order valence-corrected chi connectivity index (χ2v) is 6.82. The van der Waals surface area contributed by atoms with Crippen molar-refractivity contribution in [1.29, 1.82) is 0 Å². The highest BCUT2D eigenvalue weighted by Gasteiger charge is 2.41. The van der Waals surface area contributed by atoms with E-state index in [-0.39, 0.29) is 12.1 Å². The summed E-state index contributed by atoms with van der Waals surface area (Å²) in [4.78, 5) is 23.8. The molecule has 0 saturated carbocycles. The number of rotatable bonds is 5. The van der Waals surface area contributed by atoms with Crippen molar-refractivity contribution in [3.8, 4) is 0 Å². The lowest BCUT2D eigenvalue weighted by molar-refractivity contribution is -0.148. The van der Waals surface area contributed by atoms with Crippen LogP contribution in [0.5, 0.6) is 0 Å². The van der Waals surface area contributed by atoms with E-state index in [1.165, 1.54) is 6.92 Å². The lowest BCUT2D eigenvalue weighted by Gasteiger charge is -2.33. The van der Waals surface area contributed by atoms with Gasteiger partial charge in [0.05, 0.1) is 12.1 Å². The minimum atomic E-state index is -2.77. The van der Waals surface area contributed by atoms with Gasteiger partial charge in [0.1, 0.15) is 5.54 Å². The molecule has 0 spiro atoms. The van der Waals surface area contributed by atoms with Crippen molar-refractivity contribution < 1.29 is 23.5 Å².